The van der Waals surface area contributed by atoms with Gasteiger partial charge in [0.05, 0.1) is 10.0 Å². The van der Waals surface area contributed by atoms with E-state index in [1.54, 1.807) is 42.5 Å². The number of amides is 1. The maximum Gasteiger partial charge on any atom is 0.266 e. The van der Waals surface area contributed by atoms with Crippen molar-refractivity contribution in [3.05, 3.63) is 76.3 Å². The monoisotopic (exact) mass is 372 g/mol. The molecule has 0 spiro atoms. The number of benzene rings is 2. The van der Waals surface area contributed by atoms with Crippen molar-refractivity contribution >= 4 is 40.9 Å². The normalized spacial score (nSPS) is 10.7. The van der Waals surface area contributed by atoms with Gasteiger partial charge in [0.2, 0.25) is 0 Å². The highest BCUT2D eigenvalue weighted by Crippen LogP contribution is 2.25. The number of carbonyl (C=O) groups is 1. The standard InChI is InChI=1S/C19H14Cl2N2O2/c1-2-8-25-16-5-3-4-13(10-16)9-14(12-22)19(24)23-15-6-7-17(20)18(21)11-15/h2-7,9-11H,1,8H2,(H,23,24)/b14-9-. The summed E-state index contributed by atoms with van der Waals surface area (Å²) >= 11 is 11.8. The van der Waals surface area contributed by atoms with Crippen LogP contribution in [0, 0.1) is 11.3 Å². The summed E-state index contributed by atoms with van der Waals surface area (Å²) in [6.07, 6.45) is 3.11. The van der Waals surface area contributed by atoms with Crippen molar-refractivity contribution in [3.8, 4) is 11.8 Å². The molecular formula is C19H14Cl2N2O2. The van der Waals surface area contributed by atoms with E-state index in [2.05, 4.69) is 11.9 Å². The second-order valence-electron chi connectivity index (χ2n) is 4.92. The molecule has 0 unspecified atom stereocenters. The number of hydrogen-bond acceptors (Lipinski definition) is 3. The first-order valence-corrected chi connectivity index (χ1v) is 8.01. The molecule has 0 saturated carbocycles. The van der Waals surface area contributed by atoms with E-state index in [1.165, 1.54) is 12.1 Å². The summed E-state index contributed by atoms with van der Waals surface area (Å²) < 4.78 is 5.43. The Morgan fingerprint density at radius 1 is 1.24 bits per heavy atom. The lowest BCUT2D eigenvalue weighted by molar-refractivity contribution is -0.112. The predicted octanol–water partition coefficient (Wildman–Crippen LogP) is 5.10. The van der Waals surface area contributed by atoms with Crippen molar-refractivity contribution in [1.29, 1.82) is 5.26 Å². The molecule has 0 aliphatic carbocycles. The number of carbonyl (C=O) groups excluding carboxylic acids is 1. The lowest BCUT2D eigenvalue weighted by Gasteiger charge is -2.06. The van der Waals surface area contributed by atoms with Gasteiger partial charge >= 0.3 is 0 Å². The van der Waals surface area contributed by atoms with Crippen LogP contribution in [-0.4, -0.2) is 12.5 Å². The third kappa shape index (κ3) is 5.39. The summed E-state index contributed by atoms with van der Waals surface area (Å²) in [5, 5.41) is 12.6. The van der Waals surface area contributed by atoms with E-state index in [4.69, 9.17) is 27.9 Å². The summed E-state index contributed by atoms with van der Waals surface area (Å²) in [5.41, 5.74) is 1.07. The molecule has 1 amide bonds. The largest absolute Gasteiger partial charge is 0.490 e. The molecule has 0 bridgehead atoms. The average Bonchev–Trinajstić information content (AvgIpc) is 2.61. The van der Waals surface area contributed by atoms with Gasteiger partial charge in [-0.3, -0.25) is 4.79 Å². The van der Waals surface area contributed by atoms with Crippen molar-refractivity contribution in [3.63, 3.8) is 0 Å². The Labute approximate surface area is 155 Å². The molecule has 0 fully saturated rings. The number of nitriles is 1. The molecule has 0 aliphatic heterocycles. The molecule has 0 heterocycles. The Kier molecular flexibility index (Phi) is 6.64. The van der Waals surface area contributed by atoms with Gasteiger partial charge in [-0.15, -0.1) is 0 Å². The molecule has 1 N–H and O–H groups in total. The van der Waals surface area contributed by atoms with Crippen LogP contribution in [0.25, 0.3) is 6.08 Å². The molecule has 0 aromatic heterocycles. The molecule has 0 atom stereocenters. The van der Waals surface area contributed by atoms with Gasteiger partial charge in [0.15, 0.2) is 0 Å². The van der Waals surface area contributed by atoms with Crippen LogP contribution in [0.3, 0.4) is 0 Å². The minimum Gasteiger partial charge on any atom is -0.490 e. The zero-order valence-electron chi connectivity index (χ0n) is 13.1. The predicted molar refractivity (Wildman–Crippen MR) is 101 cm³/mol. The van der Waals surface area contributed by atoms with E-state index >= 15 is 0 Å². The number of hydrogen-bond donors (Lipinski definition) is 1. The lowest BCUT2D eigenvalue weighted by atomic mass is 10.1. The number of halogens is 2. The molecule has 0 aliphatic rings. The fraction of sp³-hybridized carbons (Fsp3) is 0.0526. The van der Waals surface area contributed by atoms with Gasteiger partial charge in [-0.05, 0) is 42.0 Å². The number of nitrogens with one attached hydrogen (secondary N) is 1. The Hall–Kier alpha value is -2.74. The first kappa shape index (κ1) is 18.6. The van der Waals surface area contributed by atoms with Gasteiger partial charge in [-0.25, -0.2) is 0 Å². The van der Waals surface area contributed by atoms with E-state index in [0.717, 1.165) is 0 Å². The van der Waals surface area contributed by atoms with Crippen LogP contribution in [-0.2, 0) is 4.79 Å². The van der Waals surface area contributed by atoms with Crippen molar-refractivity contribution in [2.75, 3.05) is 11.9 Å². The third-order valence-electron chi connectivity index (χ3n) is 3.08. The van der Waals surface area contributed by atoms with Crippen LogP contribution in [0.4, 0.5) is 5.69 Å². The van der Waals surface area contributed by atoms with Crippen molar-refractivity contribution < 1.29 is 9.53 Å². The van der Waals surface area contributed by atoms with E-state index in [1.807, 2.05) is 6.07 Å². The maximum absolute atomic E-state index is 12.3. The number of nitrogens with zero attached hydrogens (tertiary/aromatic N) is 1. The third-order valence-corrected chi connectivity index (χ3v) is 3.82. The summed E-state index contributed by atoms with van der Waals surface area (Å²) in [5.74, 6) is 0.0779. The number of ether oxygens (including phenoxy) is 1. The second kappa shape index (κ2) is 8.93. The summed E-state index contributed by atoms with van der Waals surface area (Å²) in [6.45, 7) is 3.96. The smallest absolute Gasteiger partial charge is 0.266 e. The molecule has 4 nitrogen and oxygen atoms in total. The minimum absolute atomic E-state index is 0.0491. The quantitative estimate of drug-likeness (QED) is 0.435. The molecule has 25 heavy (non-hydrogen) atoms. The first-order chi connectivity index (χ1) is 12.0. The van der Waals surface area contributed by atoms with Crippen LogP contribution in [0.15, 0.2) is 60.7 Å². The zero-order chi connectivity index (χ0) is 18.2. The van der Waals surface area contributed by atoms with E-state index in [-0.39, 0.29) is 5.57 Å². The minimum atomic E-state index is -0.543. The van der Waals surface area contributed by atoms with Crippen molar-refractivity contribution in [1.82, 2.24) is 0 Å². The molecule has 2 aromatic carbocycles. The van der Waals surface area contributed by atoms with Crippen LogP contribution < -0.4 is 10.1 Å². The fourth-order valence-corrected chi connectivity index (χ4v) is 2.23. The summed E-state index contributed by atoms with van der Waals surface area (Å²) in [4.78, 5) is 12.3. The Morgan fingerprint density at radius 2 is 2.04 bits per heavy atom. The lowest BCUT2D eigenvalue weighted by Crippen LogP contribution is -2.13. The van der Waals surface area contributed by atoms with Gasteiger partial charge in [0.25, 0.3) is 5.91 Å². The number of rotatable bonds is 6. The molecule has 2 aromatic rings. The SMILES string of the molecule is C=CCOc1cccc(/C=C(/C#N)C(=O)Nc2ccc(Cl)c(Cl)c2)c1. The van der Waals surface area contributed by atoms with Crippen molar-refractivity contribution in [2.45, 2.75) is 0 Å². The van der Waals surface area contributed by atoms with Crippen molar-refractivity contribution in [2.24, 2.45) is 0 Å². The maximum atomic E-state index is 12.3. The van der Waals surface area contributed by atoms with Gasteiger partial charge in [-0.1, -0.05) is 48.0 Å². The second-order valence-corrected chi connectivity index (χ2v) is 5.74. The highest BCUT2D eigenvalue weighted by Gasteiger charge is 2.10. The topological polar surface area (TPSA) is 62.1 Å². The molecule has 0 radical (unpaired) electrons. The molecular weight excluding hydrogens is 359 g/mol. The Morgan fingerprint density at radius 3 is 2.72 bits per heavy atom. The van der Waals surface area contributed by atoms with Gasteiger partial charge in [0, 0.05) is 5.69 Å². The van der Waals surface area contributed by atoms with Crippen LogP contribution in [0.1, 0.15) is 5.56 Å². The van der Waals surface area contributed by atoms with Gasteiger partial charge < -0.3 is 10.1 Å². The zero-order valence-corrected chi connectivity index (χ0v) is 14.6. The van der Waals surface area contributed by atoms with Gasteiger partial charge in [-0.2, -0.15) is 5.26 Å². The number of anilines is 1. The molecule has 2 rings (SSSR count). The summed E-state index contributed by atoms with van der Waals surface area (Å²) in [7, 11) is 0. The summed E-state index contributed by atoms with van der Waals surface area (Å²) in [6, 6.07) is 13.6. The van der Waals surface area contributed by atoms with E-state index < -0.39 is 5.91 Å². The van der Waals surface area contributed by atoms with E-state index in [0.29, 0.717) is 33.7 Å². The highest BCUT2D eigenvalue weighted by molar-refractivity contribution is 6.42. The van der Waals surface area contributed by atoms with Crippen LogP contribution in [0.2, 0.25) is 10.0 Å². The first-order valence-electron chi connectivity index (χ1n) is 7.25. The van der Waals surface area contributed by atoms with Gasteiger partial charge in [0.1, 0.15) is 24.0 Å². The molecule has 126 valence electrons. The molecule has 0 saturated heterocycles. The highest BCUT2D eigenvalue weighted by atomic mass is 35.5. The Bertz CT molecular complexity index is 870. The van der Waals surface area contributed by atoms with Crippen LogP contribution in [0.5, 0.6) is 5.75 Å². The van der Waals surface area contributed by atoms with E-state index in [9.17, 15) is 10.1 Å². The Balaban J connectivity index is 2.18. The fourth-order valence-electron chi connectivity index (χ4n) is 1.94. The van der Waals surface area contributed by atoms with Crippen LogP contribution >= 0.6 is 23.2 Å². The average molecular weight is 373 g/mol. The molecule has 6 heteroatoms.